The number of amides is 2. The first kappa shape index (κ1) is 21.2. The summed E-state index contributed by atoms with van der Waals surface area (Å²) < 4.78 is 34.1. The van der Waals surface area contributed by atoms with Crippen LogP contribution in [0.25, 0.3) is 0 Å². The van der Waals surface area contributed by atoms with Crippen LogP contribution in [0, 0.1) is 0 Å². The van der Waals surface area contributed by atoms with Crippen molar-refractivity contribution in [3.8, 4) is 5.75 Å². The number of carbonyl (C=O) groups is 2. The van der Waals surface area contributed by atoms with Crippen molar-refractivity contribution in [2.24, 2.45) is 10.7 Å². The number of nitrogens with zero attached hydrogens (tertiary/aromatic N) is 2. The van der Waals surface area contributed by atoms with Crippen LogP contribution in [0.5, 0.6) is 5.75 Å². The smallest absolute Gasteiger partial charge is 0.387 e. The van der Waals surface area contributed by atoms with Crippen molar-refractivity contribution in [2.45, 2.75) is 12.2 Å². The van der Waals surface area contributed by atoms with E-state index in [0.29, 0.717) is 16.8 Å². The summed E-state index contributed by atoms with van der Waals surface area (Å²) in [5.41, 5.74) is 5.66. The van der Waals surface area contributed by atoms with Gasteiger partial charge in [-0.3, -0.25) is 14.5 Å². The molecule has 8 nitrogen and oxygen atoms in total. The van der Waals surface area contributed by atoms with E-state index in [1.807, 2.05) is 0 Å². The number of likely N-dealkylation sites (N-methyl/N-ethyl adjacent to an activating group) is 1. The highest BCUT2D eigenvalue weighted by atomic mass is 19.3. The SMILES string of the molecule is COCC(=O)Nc1cccc(C2(c3ccc(OC(F)F)cc3)N=C(N)N(C)C2=O)c1. The molecule has 158 valence electrons. The molecule has 0 saturated carbocycles. The fourth-order valence-electron chi connectivity index (χ4n) is 3.21. The van der Waals surface area contributed by atoms with E-state index < -0.39 is 18.1 Å². The van der Waals surface area contributed by atoms with Gasteiger partial charge >= 0.3 is 6.61 Å². The summed E-state index contributed by atoms with van der Waals surface area (Å²) in [5.74, 6) is -0.847. The average Bonchev–Trinajstić information content (AvgIpc) is 2.93. The Balaban J connectivity index is 2.07. The topological polar surface area (TPSA) is 106 Å². The second-order valence-corrected chi connectivity index (χ2v) is 6.51. The Hall–Kier alpha value is -3.53. The van der Waals surface area contributed by atoms with Crippen molar-refractivity contribution >= 4 is 23.5 Å². The van der Waals surface area contributed by atoms with E-state index in [-0.39, 0.29) is 24.2 Å². The third-order valence-electron chi connectivity index (χ3n) is 4.58. The Morgan fingerprint density at radius 2 is 1.93 bits per heavy atom. The van der Waals surface area contributed by atoms with Crippen molar-refractivity contribution in [2.75, 3.05) is 26.1 Å². The first-order valence-corrected chi connectivity index (χ1v) is 8.86. The number of benzene rings is 2. The molecule has 3 N–H and O–H groups in total. The monoisotopic (exact) mass is 418 g/mol. The molecular formula is C20H20F2N4O4. The lowest BCUT2D eigenvalue weighted by Crippen LogP contribution is -2.41. The van der Waals surface area contributed by atoms with E-state index in [1.165, 1.54) is 43.3 Å². The van der Waals surface area contributed by atoms with Gasteiger partial charge in [-0.1, -0.05) is 24.3 Å². The summed E-state index contributed by atoms with van der Waals surface area (Å²) in [6.45, 7) is -3.10. The number of anilines is 1. The molecule has 2 aromatic rings. The molecular weight excluding hydrogens is 398 g/mol. The van der Waals surface area contributed by atoms with Crippen LogP contribution in [0.4, 0.5) is 14.5 Å². The number of nitrogens with two attached hydrogens (primary N) is 1. The van der Waals surface area contributed by atoms with Gasteiger partial charge in [0.2, 0.25) is 5.91 Å². The highest BCUT2D eigenvalue weighted by Crippen LogP contribution is 2.40. The molecule has 1 aliphatic heterocycles. The molecule has 3 rings (SSSR count). The second-order valence-electron chi connectivity index (χ2n) is 6.51. The number of rotatable bonds is 7. The molecule has 0 saturated heterocycles. The molecule has 30 heavy (non-hydrogen) atoms. The van der Waals surface area contributed by atoms with Crippen LogP contribution in [-0.2, 0) is 19.9 Å². The Labute approximate surface area is 171 Å². The Morgan fingerprint density at radius 1 is 1.23 bits per heavy atom. The molecule has 0 spiro atoms. The maximum atomic E-state index is 13.2. The lowest BCUT2D eigenvalue weighted by atomic mass is 9.82. The molecule has 0 aliphatic carbocycles. The Morgan fingerprint density at radius 3 is 2.50 bits per heavy atom. The number of guanidine groups is 1. The van der Waals surface area contributed by atoms with Gasteiger partial charge in [-0.2, -0.15) is 8.78 Å². The number of methoxy groups -OCH3 is 1. The van der Waals surface area contributed by atoms with Gasteiger partial charge in [-0.05, 0) is 35.4 Å². The molecule has 0 bridgehead atoms. The van der Waals surface area contributed by atoms with Gasteiger partial charge in [0.1, 0.15) is 12.4 Å². The number of aliphatic imine (C=N–C) groups is 1. The van der Waals surface area contributed by atoms with Crippen molar-refractivity contribution in [3.05, 3.63) is 59.7 Å². The zero-order valence-electron chi connectivity index (χ0n) is 16.3. The molecule has 1 atom stereocenters. The number of halogens is 2. The second kappa shape index (κ2) is 8.46. The van der Waals surface area contributed by atoms with E-state index in [1.54, 1.807) is 24.3 Å². The molecule has 1 aliphatic rings. The normalized spacial score (nSPS) is 18.5. The number of alkyl halides is 2. The highest BCUT2D eigenvalue weighted by molar-refractivity contribution is 6.09. The third kappa shape index (κ3) is 3.94. The predicted molar refractivity (Wildman–Crippen MR) is 105 cm³/mol. The number of hydrogen-bond acceptors (Lipinski definition) is 6. The Bertz CT molecular complexity index is 981. The average molecular weight is 418 g/mol. The van der Waals surface area contributed by atoms with Crippen LogP contribution in [0.1, 0.15) is 11.1 Å². The number of nitrogens with one attached hydrogen (secondary N) is 1. The molecule has 0 fully saturated rings. The number of ether oxygens (including phenoxy) is 2. The molecule has 0 radical (unpaired) electrons. The van der Waals surface area contributed by atoms with Gasteiger partial charge in [0.25, 0.3) is 5.91 Å². The van der Waals surface area contributed by atoms with E-state index in [9.17, 15) is 18.4 Å². The van der Waals surface area contributed by atoms with E-state index in [0.717, 1.165) is 0 Å². The fourth-order valence-corrected chi connectivity index (χ4v) is 3.21. The van der Waals surface area contributed by atoms with Crippen LogP contribution in [-0.4, -0.2) is 50.0 Å². The minimum atomic E-state index is -2.97. The summed E-state index contributed by atoms with van der Waals surface area (Å²) in [6, 6.07) is 12.2. The minimum Gasteiger partial charge on any atom is -0.435 e. The first-order valence-electron chi connectivity index (χ1n) is 8.86. The molecule has 2 aromatic carbocycles. The van der Waals surface area contributed by atoms with Crippen LogP contribution >= 0.6 is 0 Å². The van der Waals surface area contributed by atoms with Crippen LogP contribution in [0.2, 0.25) is 0 Å². The van der Waals surface area contributed by atoms with E-state index in [4.69, 9.17) is 10.5 Å². The maximum absolute atomic E-state index is 13.2. The lowest BCUT2D eigenvalue weighted by Gasteiger charge is -2.26. The molecule has 2 amide bonds. The fraction of sp³-hybridized carbons (Fsp3) is 0.250. The zero-order valence-corrected chi connectivity index (χ0v) is 16.3. The lowest BCUT2D eigenvalue weighted by molar-refractivity contribution is -0.129. The summed E-state index contributed by atoms with van der Waals surface area (Å²) in [6.07, 6.45) is 0. The van der Waals surface area contributed by atoms with Gasteiger partial charge in [-0.15, -0.1) is 0 Å². The van der Waals surface area contributed by atoms with Gasteiger partial charge in [-0.25, -0.2) is 4.99 Å². The predicted octanol–water partition coefficient (Wildman–Crippen LogP) is 1.90. The van der Waals surface area contributed by atoms with Gasteiger partial charge in [0, 0.05) is 19.8 Å². The zero-order chi connectivity index (χ0) is 21.9. The molecule has 1 unspecified atom stereocenters. The standard InChI is InChI=1S/C20H20F2N4O4/c1-26-17(28)20(25-19(26)23,12-6-8-15(9-7-12)30-18(21)22)13-4-3-5-14(10-13)24-16(27)11-29-2/h3-10,18H,11H2,1-2H3,(H2,23,25)(H,24,27). The van der Waals surface area contributed by atoms with E-state index >= 15 is 0 Å². The summed E-state index contributed by atoms with van der Waals surface area (Å²) in [7, 11) is 2.89. The quantitative estimate of drug-likeness (QED) is 0.715. The third-order valence-corrected chi connectivity index (χ3v) is 4.58. The summed E-state index contributed by atoms with van der Waals surface area (Å²) >= 11 is 0. The molecule has 1 heterocycles. The highest BCUT2D eigenvalue weighted by Gasteiger charge is 2.49. The molecule has 10 heteroatoms. The molecule has 0 aromatic heterocycles. The first-order chi connectivity index (χ1) is 14.3. The van der Waals surface area contributed by atoms with Gasteiger partial charge in [0.15, 0.2) is 11.5 Å². The largest absolute Gasteiger partial charge is 0.435 e. The van der Waals surface area contributed by atoms with E-state index in [2.05, 4.69) is 15.0 Å². The van der Waals surface area contributed by atoms with Gasteiger partial charge < -0.3 is 20.5 Å². The Kier molecular flexibility index (Phi) is 5.97. The van der Waals surface area contributed by atoms with Crippen LogP contribution in [0.3, 0.4) is 0 Å². The number of carbonyl (C=O) groups excluding carboxylic acids is 2. The van der Waals surface area contributed by atoms with Crippen LogP contribution in [0.15, 0.2) is 53.5 Å². The number of hydrogen-bond donors (Lipinski definition) is 2. The van der Waals surface area contributed by atoms with Crippen LogP contribution < -0.4 is 15.8 Å². The minimum absolute atomic E-state index is 0.00160. The van der Waals surface area contributed by atoms with Gasteiger partial charge in [0.05, 0.1) is 0 Å². The summed E-state index contributed by atoms with van der Waals surface area (Å²) in [5, 5.41) is 2.67. The maximum Gasteiger partial charge on any atom is 0.387 e. The summed E-state index contributed by atoms with van der Waals surface area (Å²) in [4.78, 5) is 30.7. The van der Waals surface area contributed by atoms with Crippen molar-refractivity contribution in [1.29, 1.82) is 0 Å². The van der Waals surface area contributed by atoms with Crippen molar-refractivity contribution < 1.29 is 27.8 Å². The van der Waals surface area contributed by atoms with Crippen molar-refractivity contribution in [3.63, 3.8) is 0 Å². The van der Waals surface area contributed by atoms with Crippen molar-refractivity contribution in [1.82, 2.24) is 4.90 Å².